The Kier molecular flexibility index (Phi) is 5.77. The third kappa shape index (κ3) is 3.61. The minimum absolute atomic E-state index is 0.148. The van der Waals surface area contributed by atoms with Gasteiger partial charge in [0.15, 0.2) is 10.8 Å². The molecule has 170 valence electrons. The minimum atomic E-state index is -4.87. The molecule has 1 aliphatic carbocycles. The molecule has 1 aromatic heterocycles. The third-order valence-electron chi connectivity index (χ3n) is 5.68. The Bertz CT molecular complexity index is 1240. The molecule has 2 amide bonds. The van der Waals surface area contributed by atoms with Gasteiger partial charge in [0.05, 0.1) is 45.9 Å². The summed E-state index contributed by atoms with van der Waals surface area (Å²) in [6.45, 7) is 0. The van der Waals surface area contributed by atoms with Crippen LogP contribution in [0.1, 0.15) is 40.9 Å². The molecule has 1 saturated heterocycles. The maximum Gasteiger partial charge on any atom is 0.419 e. The van der Waals surface area contributed by atoms with E-state index >= 15 is 0 Å². The number of alkyl halides is 3. The minimum Gasteiger partial charge on any atom is -0.303 e. The molecule has 1 aliphatic heterocycles. The molecule has 1 N–H and O–H groups in total. The second-order valence-corrected chi connectivity index (χ2v) is 8.34. The van der Waals surface area contributed by atoms with Gasteiger partial charge >= 0.3 is 6.18 Å². The van der Waals surface area contributed by atoms with Gasteiger partial charge in [0, 0.05) is 5.69 Å². The van der Waals surface area contributed by atoms with Crippen LogP contribution in [-0.2, 0) is 11.0 Å². The Balaban J connectivity index is 1.80. The van der Waals surface area contributed by atoms with E-state index in [4.69, 9.17) is 17.5 Å². The van der Waals surface area contributed by atoms with Gasteiger partial charge in [-0.1, -0.05) is 0 Å². The molecule has 2 aromatic rings. The van der Waals surface area contributed by atoms with Gasteiger partial charge in [-0.2, -0.15) is 18.4 Å². The van der Waals surface area contributed by atoms with Gasteiger partial charge < -0.3 is 4.90 Å². The normalized spacial score (nSPS) is 17.2. The number of benzene rings is 1. The summed E-state index contributed by atoms with van der Waals surface area (Å²) >= 11 is 7.03. The van der Waals surface area contributed by atoms with Crippen molar-refractivity contribution in [2.75, 3.05) is 9.80 Å². The van der Waals surface area contributed by atoms with Crippen LogP contribution in [0.2, 0.25) is 0 Å². The summed E-state index contributed by atoms with van der Waals surface area (Å²) in [5.74, 6) is -2.06. The number of rotatable bonds is 3. The number of thiocarbonyl (C=S) groups is 1. The van der Waals surface area contributed by atoms with Crippen LogP contribution in [0.3, 0.4) is 0 Å². The highest BCUT2D eigenvalue weighted by Crippen LogP contribution is 2.48. The van der Waals surface area contributed by atoms with Crippen LogP contribution in [0.25, 0.3) is 0 Å². The van der Waals surface area contributed by atoms with Crippen LogP contribution in [0.5, 0.6) is 0 Å². The molecule has 0 bridgehead atoms. The Morgan fingerprint density at radius 1 is 1.27 bits per heavy atom. The van der Waals surface area contributed by atoms with Crippen molar-refractivity contribution in [1.82, 2.24) is 8.51 Å². The quantitative estimate of drug-likeness (QED) is 0.249. The lowest BCUT2D eigenvalue weighted by Crippen LogP contribution is -2.55. The molecular weight excluding hydrogens is 577 g/mol. The zero-order valence-electron chi connectivity index (χ0n) is 16.4. The number of nitrogens with zero attached hydrogens (tertiary/aromatic N) is 4. The van der Waals surface area contributed by atoms with Crippen LogP contribution in [-0.4, -0.2) is 27.4 Å². The topological polar surface area (TPSA) is 89.3 Å². The fourth-order valence-corrected chi connectivity index (χ4v) is 4.73. The predicted molar refractivity (Wildman–Crippen MR) is 121 cm³/mol. The standard InChI is InChI=1S/C20H12F4IN5O2S/c21-14-7-10(2-3-12(14)16(31)28-25)30-18(33)29(17(32)19(30)4-1-5-19)11-6-13(20(22,23)24)15(8-26)27-9-11/h2-3,6-7,9H,1,4-5H2,(H,28,31). The van der Waals surface area contributed by atoms with Crippen molar-refractivity contribution in [2.24, 2.45) is 0 Å². The average Bonchev–Trinajstić information content (AvgIpc) is 2.98. The Labute approximate surface area is 203 Å². The summed E-state index contributed by atoms with van der Waals surface area (Å²) in [6.07, 6.45) is -2.52. The molecule has 33 heavy (non-hydrogen) atoms. The SMILES string of the molecule is N#Cc1ncc(N2C(=O)C3(CCC3)N(c3ccc(C(=O)NI)c(F)c3)C2=S)cc1C(F)(F)F. The second kappa shape index (κ2) is 8.17. The number of amides is 2. The van der Waals surface area contributed by atoms with Crippen molar-refractivity contribution in [2.45, 2.75) is 31.0 Å². The highest BCUT2D eigenvalue weighted by atomic mass is 127. The molecule has 2 heterocycles. The first-order valence-electron chi connectivity index (χ1n) is 9.42. The lowest BCUT2D eigenvalue weighted by Gasteiger charge is -2.43. The number of hydrogen-bond acceptors (Lipinski definition) is 5. The predicted octanol–water partition coefficient (Wildman–Crippen LogP) is 4.25. The van der Waals surface area contributed by atoms with Crippen molar-refractivity contribution in [3.05, 3.63) is 53.1 Å². The molecule has 13 heteroatoms. The summed E-state index contributed by atoms with van der Waals surface area (Å²) in [5, 5.41) is 8.83. The Morgan fingerprint density at radius 3 is 2.48 bits per heavy atom. The number of carbonyl (C=O) groups excluding carboxylic acids is 2. The maximum absolute atomic E-state index is 14.6. The number of carbonyl (C=O) groups is 2. The monoisotopic (exact) mass is 589 g/mol. The van der Waals surface area contributed by atoms with E-state index in [1.165, 1.54) is 23.1 Å². The number of anilines is 2. The number of hydrogen-bond donors (Lipinski definition) is 1. The van der Waals surface area contributed by atoms with E-state index < -0.39 is 40.6 Å². The molecule has 2 aliphatic rings. The second-order valence-electron chi connectivity index (χ2n) is 7.43. The van der Waals surface area contributed by atoms with Crippen molar-refractivity contribution in [3.63, 3.8) is 0 Å². The molecular formula is C20H12F4IN5O2S. The number of aromatic nitrogens is 1. The number of nitrogens with one attached hydrogen (secondary N) is 1. The van der Waals surface area contributed by atoms with Crippen LogP contribution >= 0.6 is 35.1 Å². The molecule has 0 radical (unpaired) electrons. The van der Waals surface area contributed by atoms with Crippen molar-refractivity contribution in [3.8, 4) is 6.07 Å². The summed E-state index contributed by atoms with van der Waals surface area (Å²) in [4.78, 5) is 31.1. The first-order chi connectivity index (χ1) is 15.5. The van der Waals surface area contributed by atoms with Crippen LogP contribution in [0.4, 0.5) is 28.9 Å². The van der Waals surface area contributed by atoms with Gasteiger partial charge in [0.25, 0.3) is 11.8 Å². The van der Waals surface area contributed by atoms with E-state index in [1.54, 1.807) is 22.9 Å². The van der Waals surface area contributed by atoms with Crippen LogP contribution < -0.4 is 13.3 Å². The fraction of sp³-hybridized carbons (Fsp3) is 0.250. The van der Waals surface area contributed by atoms with E-state index in [0.29, 0.717) is 25.3 Å². The molecule has 1 spiro atoms. The van der Waals surface area contributed by atoms with Crippen LogP contribution in [0.15, 0.2) is 30.5 Å². The summed E-state index contributed by atoms with van der Waals surface area (Å²) in [7, 11) is 0. The van der Waals surface area contributed by atoms with Gasteiger partial charge in [0.1, 0.15) is 17.4 Å². The summed E-state index contributed by atoms with van der Waals surface area (Å²) in [6, 6.07) is 5.76. The number of nitriles is 1. The van der Waals surface area contributed by atoms with E-state index in [2.05, 4.69) is 8.51 Å². The van der Waals surface area contributed by atoms with Crippen molar-refractivity contribution in [1.29, 1.82) is 5.26 Å². The fourth-order valence-electron chi connectivity index (χ4n) is 3.97. The summed E-state index contributed by atoms with van der Waals surface area (Å²) < 4.78 is 57.2. The summed E-state index contributed by atoms with van der Waals surface area (Å²) in [5.41, 5.74) is -3.56. The molecule has 0 unspecified atom stereocenters. The molecule has 7 nitrogen and oxygen atoms in total. The molecule has 0 atom stereocenters. The van der Waals surface area contributed by atoms with Crippen molar-refractivity contribution >= 4 is 63.4 Å². The zero-order valence-corrected chi connectivity index (χ0v) is 19.4. The first-order valence-corrected chi connectivity index (χ1v) is 10.9. The lowest BCUT2D eigenvalue weighted by atomic mass is 9.75. The zero-order chi connectivity index (χ0) is 24.1. The number of halogens is 5. The van der Waals surface area contributed by atoms with E-state index in [1.807, 2.05) is 0 Å². The first kappa shape index (κ1) is 23.3. The van der Waals surface area contributed by atoms with Crippen molar-refractivity contribution < 1.29 is 27.2 Å². The van der Waals surface area contributed by atoms with Gasteiger partial charge in [0.2, 0.25) is 0 Å². The Hall–Kier alpha value is -2.86. The largest absolute Gasteiger partial charge is 0.419 e. The van der Waals surface area contributed by atoms with Gasteiger partial charge in [-0.15, -0.1) is 0 Å². The molecule has 2 fully saturated rings. The molecule has 4 rings (SSSR count). The highest BCUT2D eigenvalue weighted by molar-refractivity contribution is 14.1. The van der Waals surface area contributed by atoms with Gasteiger partial charge in [-0.05, 0) is 55.7 Å². The number of pyridine rings is 1. The smallest absolute Gasteiger partial charge is 0.303 e. The van der Waals surface area contributed by atoms with Crippen LogP contribution in [0, 0.1) is 17.1 Å². The van der Waals surface area contributed by atoms with Gasteiger partial charge in [-0.25, -0.2) is 9.37 Å². The lowest BCUT2D eigenvalue weighted by molar-refractivity contribution is -0.138. The van der Waals surface area contributed by atoms with E-state index in [9.17, 15) is 27.2 Å². The highest BCUT2D eigenvalue weighted by Gasteiger charge is 2.59. The van der Waals surface area contributed by atoms with E-state index in [0.717, 1.165) is 17.2 Å². The average molecular weight is 589 g/mol. The molecule has 1 saturated carbocycles. The molecule has 1 aromatic carbocycles. The van der Waals surface area contributed by atoms with E-state index in [-0.39, 0.29) is 22.1 Å². The van der Waals surface area contributed by atoms with Gasteiger partial charge in [-0.3, -0.25) is 18.0 Å². The maximum atomic E-state index is 14.6. The Morgan fingerprint density at radius 2 is 1.97 bits per heavy atom. The third-order valence-corrected chi connectivity index (χ3v) is 6.53.